The smallest absolute Gasteiger partial charge is 0.343 e. The highest BCUT2D eigenvalue weighted by Gasteiger charge is 2.11. The van der Waals surface area contributed by atoms with Crippen molar-refractivity contribution < 1.29 is 19.1 Å². The predicted molar refractivity (Wildman–Crippen MR) is 127 cm³/mol. The summed E-state index contributed by atoms with van der Waals surface area (Å²) in [6.45, 7) is 2.75. The van der Waals surface area contributed by atoms with E-state index in [4.69, 9.17) is 9.47 Å². The van der Waals surface area contributed by atoms with Gasteiger partial charge in [-0.15, -0.1) is 0 Å². The maximum Gasteiger partial charge on any atom is 0.343 e. The summed E-state index contributed by atoms with van der Waals surface area (Å²) in [5.74, 6) is 0.207. The molecule has 0 aliphatic carbocycles. The third-order valence-corrected chi connectivity index (χ3v) is 4.93. The van der Waals surface area contributed by atoms with Crippen LogP contribution in [0.15, 0.2) is 82.4 Å². The fourth-order valence-corrected chi connectivity index (χ4v) is 3.09. The number of benzene rings is 3. The molecule has 0 spiro atoms. The summed E-state index contributed by atoms with van der Waals surface area (Å²) in [5, 5.41) is 4.01. The van der Waals surface area contributed by atoms with Crippen molar-refractivity contribution in [2.45, 2.75) is 19.8 Å². The first kappa shape index (κ1) is 23.2. The Bertz CT molecular complexity index is 1080. The Morgan fingerprint density at radius 1 is 1.00 bits per heavy atom. The Morgan fingerprint density at radius 2 is 1.75 bits per heavy atom. The zero-order valence-corrected chi connectivity index (χ0v) is 19.2. The van der Waals surface area contributed by atoms with Crippen LogP contribution in [0.25, 0.3) is 0 Å². The third-order valence-electron chi connectivity index (χ3n) is 4.44. The van der Waals surface area contributed by atoms with E-state index in [1.807, 2.05) is 6.07 Å². The van der Waals surface area contributed by atoms with E-state index in [1.54, 1.807) is 66.7 Å². The van der Waals surface area contributed by atoms with Crippen molar-refractivity contribution in [1.29, 1.82) is 0 Å². The first-order chi connectivity index (χ1) is 15.6. The van der Waals surface area contributed by atoms with Crippen LogP contribution in [0.5, 0.6) is 11.5 Å². The van der Waals surface area contributed by atoms with E-state index in [-0.39, 0.29) is 5.91 Å². The number of hydrogen-bond donors (Lipinski definition) is 1. The van der Waals surface area contributed by atoms with Gasteiger partial charge in [0.2, 0.25) is 0 Å². The van der Waals surface area contributed by atoms with E-state index in [9.17, 15) is 9.59 Å². The fourth-order valence-electron chi connectivity index (χ4n) is 2.71. The summed E-state index contributed by atoms with van der Waals surface area (Å²) in [6, 6.07) is 20.7. The van der Waals surface area contributed by atoms with Gasteiger partial charge in [-0.1, -0.05) is 47.5 Å². The molecule has 164 valence electrons. The number of amides is 1. The highest BCUT2D eigenvalue weighted by molar-refractivity contribution is 9.10. The molecule has 3 rings (SSSR count). The molecule has 0 saturated carbocycles. The minimum absolute atomic E-state index is 0.327. The monoisotopic (exact) mass is 494 g/mol. The molecule has 3 aromatic carbocycles. The zero-order valence-electron chi connectivity index (χ0n) is 17.6. The van der Waals surface area contributed by atoms with Gasteiger partial charge in [-0.05, 0) is 61.0 Å². The van der Waals surface area contributed by atoms with Crippen molar-refractivity contribution >= 4 is 34.0 Å². The number of rotatable bonds is 9. The average molecular weight is 495 g/mol. The molecule has 0 aromatic heterocycles. The number of unbranched alkanes of at least 4 members (excludes halogenated alkanes) is 1. The molecule has 0 heterocycles. The van der Waals surface area contributed by atoms with Crippen LogP contribution in [0.2, 0.25) is 0 Å². The van der Waals surface area contributed by atoms with Gasteiger partial charge in [-0.2, -0.15) is 5.10 Å². The van der Waals surface area contributed by atoms with Crippen molar-refractivity contribution in [2.75, 3.05) is 6.61 Å². The predicted octanol–water partition coefficient (Wildman–Crippen LogP) is 5.61. The number of nitrogens with zero attached hydrogens (tertiary/aromatic N) is 1. The SMILES string of the molecule is CCCCOc1ccc(C(=O)N/N=C\c2cc(Br)ccc2OC(=O)c2ccccc2)cc1. The Kier molecular flexibility index (Phi) is 8.57. The quantitative estimate of drug-likeness (QED) is 0.138. The van der Waals surface area contributed by atoms with Crippen LogP contribution in [0.4, 0.5) is 0 Å². The van der Waals surface area contributed by atoms with Crippen LogP contribution >= 0.6 is 15.9 Å². The van der Waals surface area contributed by atoms with Gasteiger partial charge in [0.15, 0.2) is 0 Å². The molecule has 32 heavy (non-hydrogen) atoms. The van der Waals surface area contributed by atoms with Crippen molar-refractivity contribution in [3.05, 3.63) is 94.0 Å². The Balaban J connectivity index is 1.64. The van der Waals surface area contributed by atoms with Crippen molar-refractivity contribution in [2.24, 2.45) is 5.10 Å². The van der Waals surface area contributed by atoms with Crippen molar-refractivity contribution in [1.82, 2.24) is 5.43 Å². The lowest BCUT2D eigenvalue weighted by Crippen LogP contribution is -2.17. The number of esters is 1. The normalized spacial score (nSPS) is 10.7. The van der Waals surface area contributed by atoms with Crippen molar-refractivity contribution in [3.63, 3.8) is 0 Å². The lowest BCUT2D eigenvalue weighted by molar-refractivity contribution is 0.0734. The second kappa shape index (κ2) is 11.8. The van der Waals surface area contributed by atoms with Crippen LogP contribution in [0.1, 0.15) is 46.0 Å². The summed E-state index contributed by atoms with van der Waals surface area (Å²) in [5.41, 5.74) is 3.91. The summed E-state index contributed by atoms with van der Waals surface area (Å²) >= 11 is 3.39. The van der Waals surface area contributed by atoms with E-state index in [0.29, 0.717) is 29.0 Å². The maximum absolute atomic E-state index is 12.4. The highest BCUT2D eigenvalue weighted by Crippen LogP contribution is 2.23. The number of hydrogen-bond acceptors (Lipinski definition) is 5. The molecular formula is C25H23BrN2O4. The van der Waals surface area contributed by atoms with Gasteiger partial charge in [0.05, 0.1) is 18.4 Å². The molecule has 0 atom stereocenters. The minimum Gasteiger partial charge on any atom is -0.494 e. The number of carbonyl (C=O) groups excluding carboxylic acids is 2. The molecule has 0 aliphatic heterocycles. The van der Waals surface area contributed by atoms with Gasteiger partial charge in [-0.3, -0.25) is 4.79 Å². The summed E-state index contributed by atoms with van der Waals surface area (Å²) in [7, 11) is 0. The third kappa shape index (κ3) is 6.78. The zero-order chi connectivity index (χ0) is 22.8. The van der Waals surface area contributed by atoms with Gasteiger partial charge in [0, 0.05) is 15.6 Å². The van der Waals surface area contributed by atoms with Crippen LogP contribution in [0, 0.1) is 0 Å². The van der Waals surface area contributed by atoms with E-state index in [0.717, 1.165) is 23.1 Å². The van der Waals surface area contributed by atoms with Crippen LogP contribution in [0.3, 0.4) is 0 Å². The average Bonchev–Trinajstić information content (AvgIpc) is 2.82. The van der Waals surface area contributed by atoms with E-state index in [2.05, 4.69) is 33.4 Å². The topological polar surface area (TPSA) is 77.0 Å². The number of hydrazone groups is 1. The van der Waals surface area contributed by atoms with Gasteiger partial charge in [0.25, 0.3) is 5.91 Å². The largest absolute Gasteiger partial charge is 0.494 e. The fraction of sp³-hybridized carbons (Fsp3) is 0.160. The number of carbonyl (C=O) groups is 2. The first-order valence-corrected chi connectivity index (χ1v) is 11.0. The number of ether oxygens (including phenoxy) is 2. The molecule has 0 radical (unpaired) electrons. The van der Waals surface area contributed by atoms with Crippen molar-refractivity contribution in [3.8, 4) is 11.5 Å². The van der Waals surface area contributed by atoms with E-state index in [1.165, 1.54) is 6.21 Å². The molecule has 0 bridgehead atoms. The lowest BCUT2D eigenvalue weighted by Gasteiger charge is -2.08. The second-order valence-corrected chi connectivity index (χ2v) is 7.78. The van der Waals surface area contributed by atoms with Gasteiger partial charge < -0.3 is 9.47 Å². The molecule has 7 heteroatoms. The lowest BCUT2D eigenvalue weighted by atomic mass is 10.2. The highest BCUT2D eigenvalue weighted by atomic mass is 79.9. The van der Waals surface area contributed by atoms with Crippen LogP contribution in [-0.4, -0.2) is 24.7 Å². The molecule has 0 aliphatic rings. The maximum atomic E-state index is 12.4. The molecule has 0 unspecified atom stereocenters. The number of halogens is 1. The minimum atomic E-state index is -0.479. The molecule has 1 N–H and O–H groups in total. The first-order valence-electron chi connectivity index (χ1n) is 10.2. The summed E-state index contributed by atoms with van der Waals surface area (Å²) < 4.78 is 11.9. The second-order valence-electron chi connectivity index (χ2n) is 6.86. The summed E-state index contributed by atoms with van der Waals surface area (Å²) in [6.07, 6.45) is 3.47. The Hall–Kier alpha value is -3.45. The molecule has 3 aromatic rings. The Morgan fingerprint density at radius 3 is 2.47 bits per heavy atom. The van der Waals surface area contributed by atoms with Gasteiger partial charge in [0.1, 0.15) is 11.5 Å². The molecule has 0 fully saturated rings. The molecule has 6 nitrogen and oxygen atoms in total. The van der Waals surface area contributed by atoms with E-state index >= 15 is 0 Å². The van der Waals surface area contributed by atoms with Crippen LogP contribution < -0.4 is 14.9 Å². The van der Waals surface area contributed by atoms with E-state index < -0.39 is 5.97 Å². The molecular weight excluding hydrogens is 472 g/mol. The van der Waals surface area contributed by atoms with Crippen LogP contribution in [-0.2, 0) is 0 Å². The molecule has 0 saturated heterocycles. The standard InChI is InChI=1S/C25H23BrN2O4/c1-2-3-15-31-22-12-9-18(10-13-22)24(29)28-27-17-20-16-21(26)11-14-23(20)32-25(30)19-7-5-4-6-8-19/h4-14,16-17H,2-3,15H2,1H3,(H,28,29)/b27-17-. The van der Waals surface area contributed by atoms with Gasteiger partial charge >= 0.3 is 5.97 Å². The summed E-state index contributed by atoms with van der Waals surface area (Å²) in [4.78, 5) is 24.7. The number of nitrogens with one attached hydrogen (secondary N) is 1. The Labute approximate surface area is 195 Å². The molecule has 1 amide bonds. The van der Waals surface area contributed by atoms with Gasteiger partial charge in [-0.25, -0.2) is 10.2 Å².